The molecule has 2 amide bonds. The third kappa shape index (κ3) is 3.73. The van der Waals surface area contributed by atoms with E-state index in [4.69, 9.17) is 0 Å². The number of carbonyl (C=O) groups is 2. The summed E-state index contributed by atoms with van der Waals surface area (Å²) in [5.41, 5.74) is 1.22. The maximum Gasteiger partial charge on any atom is 0.238 e. The molecule has 3 rings (SSSR count). The molecule has 1 aliphatic heterocycles. The monoisotopic (exact) mass is 383 g/mol. The number of nitrogens with zero attached hydrogens (tertiary/aromatic N) is 1. The van der Waals surface area contributed by atoms with Crippen molar-refractivity contribution in [3.63, 3.8) is 0 Å². The Morgan fingerprint density at radius 3 is 2.00 bits per heavy atom. The normalized spacial score (nSPS) is 21.8. The van der Waals surface area contributed by atoms with Crippen LogP contribution in [0.4, 0.5) is 5.69 Å². The van der Waals surface area contributed by atoms with E-state index < -0.39 is 17.9 Å². The first-order valence-electron chi connectivity index (χ1n) is 9.47. The van der Waals surface area contributed by atoms with Crippen LogP contribution in [0.15, 0.2) is 48.5 Å². The van der Waals surface area contributed by atoms with Crippen molar-refractivity contribution in [2.45, 2.75) is 38.7 Å². The van der Waals surface area contributed by atoms with E-state index in [2.05, 4.69) is 0 Å². The van der Waals surface area contributed by atoms with Gasteiger partial charge in [-0.2, -0.15) is 0 Å². The van der Waals surface area contributed by atoms with Gasteiger partial charge >= 0.3 is 0 Å². The molecule has 1 saturated heterocycles. The Hall–Kier alpha value is -2.86. The Kier molecular flexibility index (Phi) is 5.70. The van der Waals surface area contributed by atoms with Crippen molar-refractivity contribution in [1.82, 2.24) is 0 Å². The van der Waals surface area contributed by atoms with Gasteiger partial charge in [-0.15, -0.1) is 0 Å². The first-order valence-corrected chi connectivity index (χ1v) is 9.47. The number of amides is 2. The summed E-state index contributed by atoms with van der Waals surface area (Å²) in [4.78, 5) is 27.3. The standard InChI is InChI=1S/C22H25NO5/c1-3-16(24)12-19(14-4-8-17(25)9-5-14)20-13(2)21(27)23(22(20)28)15-6-10-18(26)11-7-15/h4-11,13,16,19-20,24-26H,3,12H2,1-2H3. The second kappa shape index (κ2) is 8.02. The van der Waals surface area contributed by atoms with Crippen LogP contribution in [-0.2, 0) is 9.59 Å². The number of benzene rings is 2. The second-order valence-electron chi connectivity index (χ2n) is 7.34. The molecule has 0 aromatic heterocycles. The molecular weight excluding hydrogens is 358 g/mol. The summed E-state index contributed by atoms with van der Waals surface area (Å²) in [6, 6.07) is 12.5. The van der Waals surface area contributed by atoms with E-state index in [1.54, 1.807) is 31.2 Å². The van der Waals surface area contributed by atoms with Crippen LogP contribution in [0.3, 0.4) is 0 Å². The number of imide groups is 1. The first-order chi connectivity index (χ1) is 13.3. The lowest BCUT2D eigenvalue weighted by atomic mass is 9.76. The van der Waals surface area contributed by atoms with E-state index in [0.717, 1.165) is 5.56 Å². The fourth-order valence-corrected chi connectivity index (χ4v) is 3.88. The average Bonchev–Trinajstić information content (AvgIpc) is 2.90. The lowest BCUT2D eigenvalue weighted by Gasteiger charge is -2.27. The van der Waals surface area contributed by atoms with E-state index in [9.17, 15) is 24.9 Å². The Labute approximate surface area is 164 Å². The lowest BCUT2D eigenvalue weighted by molar-refractivity contribution is -0.122. The second-order valence-corrected chi connectivity index (χ2v) is 7.34. The van der Waals surface area contributed by atoms with Gasteiger partial charge in [-0.25, -0.2) is 0 Å². The molecule has 0 aliphatic carbocycles. The fraction of sp³-hybridized carbons (Fsp3) is 0.364. The van der Waals surface area contributed by atoms with Crippen LogP contribution >= 0.6 is 0 Å². The molecule has 1 heterocycles. The zero-order valence-electron chi connectivity index (χ0n) is 15.9. The summed E-state index contributed by atoms with van der Waals surface area (Å²) in [6.45, 7) is 3.60. The highest BCUT2D eigenvalue weighted by atomic mass is 16.3. The predicted molar refractivity (Wildman–Crippen MR) is 105 cm³/mol. The quantitative estimate of drug-likeness (QED) is 0.666. The van der Waals surface area contributed by atoms with E-state index in [1.165, 1.54) is 29.2 Å². The van der Waals surface area contributed by atoms with Gasteiger partial charge in [-0.1, -0.05) is 26.0 Å². The predicted octanol–water partition coefficient (Wildman–Crippen LogP) is 3.17. The minimum atomic E-state index is -0.618. The van der Waals surface area contributed by atoms with Crippen LogP contribution in [0, 0.1) is 11.8 Å². The van der Waals surface area contributed by atoms with E-state index in [1.807, 2.05) is 6.92 Å². The number of phenolic OH excluding ortho intramolecular Hbond substituents is 2. The van der Waals surface area contributed by atoms with Crippen molar-refractivity contribution in [1.29, 1.82) is 0 Å². The molecule has 1 aliphatic rings. The molecular formula is C22H25NO5. The Morgan fingerprint density at radius 1 is 0.929 bits per heavy atom. The number of aliphatic hydroxyl groups is 1. The highest BCUT2D eigenvalue weighted by Crippen LogP contribution is 2.42. The molecule has 6 nitrogen and oxygen atoms in total. The highest BCUT2D eigenvalue weighted by molar-refractivity contribution is 6.22. The van der Waals surface area contributed by atoms with E-state index >= 15 is 0 Å². The Balaban J connectivity index is 1.99. The topological polar surface area (TPSA) is 98.1 Å². The SMILES string of the molecule is CCC(O)CC(c1ccc(O)cc1)C1C(=O)N(c2ccc(O)cc2)C(=O)C1C. The van der Waals surface area contributed by atoms with Crippen molar-refractivity contribution in [2.75, 3.05) is 4.90 Å². The maximum absolute atomic E-state index is 13.3. The summed E-state index contributed by atoms with van der Waals surface area (Å²) in [7, 11) is 0. The van der Waals surface area contributed by atoms with Crippen LogP contribution in [0.25, 0.3) is 0 Å². The Bertz CT molecular complexity index is 846. The third-order valence-electron chi connectivity index (χ3n) is 5.51. The van der Waals surface area contributed by atoms with Crippen molar-refractivity contribution < 1.29 is 24.9 Å². The molecule has 0 bridgehead atoms. The van der Waals surface area contributed by atoms with Crippen LogP contribution in [0.2, 0.25) is 0 Å². The summed E-state index contributed by atoms with van der Waals surface area (Å²) in [5, 5.41) is 29.3. The van der Waals surface area contributed by atoms with Gasteiger partial charge in [0, 0.05) is 5.92 Å². The molecule has 2 aromatic rings. The number of aliphatic hydroxyl groups excluding tert-OH is 1. The number of carbonyl (C=O) groups excluding carboxylic acids is 2. The van der Waals surface area contributed by atoms with E-state index in [0.29, 0.717) is 18.5 Å². The largest absolute Gasteiger partial charge is 0.508 e. The summed E-state index contributed by atoms with van der Waals surface area (Å²) in [5.74, 6) is -1.97. The zero-order chi connectivity index (χ0) is 20.4. The van der Waals surface area contributed by atoms with Gasteiger partial charge < -0.3 is 15.3 Å². The van der Waals surface area contributed by atoms with Gasteiger partial charge in [0.05, 0.1) is 17.7 Å². The van der Waals surface area contributed by atoms with Crippen LogP contribution < -0.4 is 4.90 Å². The molecule has 0 saturated carbocycles. The number of rotatable bonds is 6. The van der Waals surface area contributed by atoms with Gasteiger partial charge in [0.2, 0.25) is 11.8 Å². The maximum atomic E-state index is 13.3. The fourth-order valence-electron chi connectivity index (χ4n) is 3.88. The zero-order valence-corrected chi connectivity index (χ0v) is 15.9. The van der Waals surface area contributed by atoms with Gasteiger partial charge in [-0.05, 0) is 60.7 Å². The van der Waals surface area contributed by atoms with Crippen LogP contribution in [0.1, 0.15) is 38.2 Å². The van der Waals surface area contributed by atoms with E-state index in [-0.39, 0.29) is 29.2 Å². The molecule has 4 unspecified atom stereocenters. The Morgan fingerprint density at radius 2 is 1.46 bits per heavy atom. The van der Waals surface area contributed by atoms with Gasteiger partial charge in [0.15, 0.2) is 0 Å². The highest BCUT2D eigenvalue weighted by Gasteiger charge is 2.49. The number of hydrogen-bond acceptors (Lipinski definition) is 5. The smallest absolute Gasteiger partial charge is 0.238 e. The summed E-state index contributed by atoms with van der Waals surface area (Å²) >= 11 is 0. The first kappa shape index (κ1) is 19.9. The summed E-state index contributed by atoms with van der Waals surface area (Å²) < 4.78 is 0. The average molecular weight is 383 g/mol. The third-order valence-corrected chi connectivity index (χ3v) is 5.51. The number of anilines is 1. The minimum Gasteiger partial charge on any atom is -0.508 e. The lowest BCUT2D eigenvalue weighted by Crippen LogP contribution is -2.32. The van der Waals surface area contributed by atoms with Crippen molar-refractivity contribution in [3.05, 3.63) is 54.1 Å². The van der Waals surface area contributed by atoms with Gasteiger partial charge in [-0.3, -0.25) is 14.5 Å². The number of phenols is 2. The van der Waals surface area contributed by atoms with Gasteiger partial charge in [0.1, 0.15) is 11.5 Å². The molecule has 0 radical (unpaired) electrons. The molecule has 148 valence electrons. The molecule has 2 aromatic carbocycles. The van der Waals surface area contributed by atoms with Crippen molar-refractivity contribution >= 4 is 17.5 Å². The number of aromatic hydroxyl groups is 2. The number of hydrogen-bond donors (Lipinski definition) is 3. The molecule has 6 heteroatoms. The van der Waals surface area contributed by atoms with Gasteiger partial charge in [0.25, 0.3) is 0 Å². The molecule has 3 N–H and O–H groups in total. The van der Waals surface area contributed by atoms with Crippen LogP contribution in [-0.4, -0.2) is 33.2 Å². The summed E-state index contributed by atoms with van der Waals surface area (Å²) in [6.07, 6.45) is 0.287. The van der Waals surface area contributed by atoms with Crippen LogP contribution in [0.5, 0.6) is 11.5 Å². The molecule has 1 fully saturated rings. The minimum absolute atomic E-state index is 0.0560. The molecule has 28 heavy (non-hydrogen) atoms. The molecule has 4 atom stereocenters. The molecule has 0 spiro atoms. The van der Waals surface area contributed by atoms with Crippen molar-refractivity contribution in [3.8, 4) is 11.5 Å². The van der Waals surface area contributed by atoms with Crippen molar-refractivity contribution in [2.24, 2.45) is 11.8 Å².